The van der Waals surface area contributed by atoms with Crippen LogP contribution in [-0.2, 0) is 16.0 Å². The van der Waals surface area contributed by atoms with Gasteiger partial charge in [0, 0.05) is 31.3 Å². The van der Waals surface area contributed by atoms with Gasteiger partial charge in [-0.15, -0.1) is 0 Å². The molecular formula is C16H21NO2. The summed E-state index contributed by atoms with van der Waals surface area (Å²) < 4.78 is 5.99. The van der Waals surface area contributed by atoms with Gasteiger partial charge in [0.05, 0.1) is 5.60 Å². The van der Waals surface area contributed by atoms with Crippen molar-refractivity contribution in [3.05, 3.63) is 30.1 Å². The Morgan fingerprint density at radius 3 is 2.79 bits per heavy atom. The number of ether oxygens (including phenoxy) is 1. The molecule has 3 rings (SSSR count). The minimum absolute atomic E-state index is 0.0385. The Morgan fingerprint density at radius 2 is 2.05 bits per heavy atom. The van der Waals surface area contributed by atoms with Gasteiger partial charge in [-0.2, -0.15) is 0 Å². The van der Waals surface area contributed by atoms with E-state index in [1.165, 1.54) is 12.8 Å². The van der Waals surface area contributed by atoms with Crippen LogP contribution in [0.4, 0.5) is 0 Å². The van der Waals surface area contributed by atoms with Gasteiger partial charge in [0.25, 0.3) is 0 Å². The molecule has 1 spiro atoms. The molecule has 2 aliphatic rings. The summed E-state index contributed by atoms with van der Waals surface area (Å²) in [6.07, 6.45) is 10.7. The maximum atomic E-state index is 12.4. The fraction of sp³-hybridized carbons (Fsp3) is 0.625. The Morgan fingerprint density at radius 1 is 1.32 bits per heavy atom. The van der Waals surface area contributed by atoms with Gasteiger partial charge >= 0.3 is 0 Å². The third-order valence-corrected chi connectivity index (χ3v) is 4.59. The molecule has 2 heterocycles. The number of pyridine rings is 1. The molecule has 0 radical (unpaired) electrons. The second-order valence-corrected chi connectivity index (χ2v) is 5.93. The van der Waals surface area contributed by atoms with Crippen LogP contribution < -0.4 is 0 Å². The van der Waals surface area contributed by atoms with Crippen LogP contribution >= 0.6 is 0 Å². The van der Waals surface area contributed by atoms with Crippen LogP contribution in [0.15, 0.2) is 24.5 Å². The van der Waals surface area contributed by atoms with Crippen LogP contribution in [0, 0.1) is 5.92 Å². The van der Waals surface area contributed by atoms with E-state index in [1.807, 2.05) is 12.1 Å². The highest BCUT2D eigenvalue weighted by Crippen LogP contribution is 2.42. The summed E-state index contributed by atoms with van der Waals surface area (Å²) in [5.41, 5.74) is 1.11. The molecule has 3 heteroatoms. The van der Waals surface area contributed by atoms with Gasteiger partial charge in [0.2, 0.25) is 0 Å². The SMILES string of the molecule is O=C(Cc1ccncc1)C1CCOC2(CCCC2)C1. The van der Waals surface area contributed by atoms with Gasteiger partial charge in [-0.05, 0) is 43.4 Å². The molecule has 19 heavy (non-hydrogen) atoms. The second-order valence-electron chi connectivity index (χ2n) is 5.93. The van der Waals surface area contributed by atoms with Crippen molar-refractivity contribution in [2.45, 2.75) is 50.5 Å². The van der Waals surface area contributed by atoms with Crippen molar-refractivity contribution in [3.63, 3.8) is 0 Å². The van der Waals surface area contributed by atoms with E-state index in [2.05, 4.69) is 4.98 Å². The predicted octanol–water partition coefficient (Wildman–Crippen LogP) is 2.93. The monoisotopic (exact) mass is 259 g/mol. The first kappa shape index (κ1) is 12.8. The molecule has 1 aromatic heterocycles. The lowest BCUT2D eigenvalue weighted by Gasteiger charge is -2.37. The van der Waals surface area contributed by atoms with Crippen molar-refractivity contribution in [1.82, 2.24) is 4.98 Å². The van der Waals surface area contributed by atoms with E-state index >= 15 is 0 Å². The minimum Gasteiger partial charge on any atom is -0.375 e. The number of carbonyl (C=O) groups is 1. The zero-order valence-corrected chi connectivity index (χ0v) is 11.3. The Hall–Kier alpha value is -1.22. The van der Waals surface area contributed by atoms with Gasteiger partial charge in [-0.25, -0.2) is 0 Å². The van der Waals surface area contributed by atoms with Crippen LogP contribution in [-0.4, -0.2) is 23.0 Å². The summed E-state index contributed by atoms with van der Waals surface area (Å²) in [6.45, 7) is 0.757. The fourth-order valence-electron chi connectivity index (χ4n) is 3.52. The first-order valence-corrected chi connectivity index (χ1v) is 7.33. The van der Waals surface area contributed by atoms with Crippen molar-refractivity contribution in [2.75, 3.05) is 6.61 Å². The van der Waals surface area contributed by atoms with Crippen LogP contribution in [0.3, 0.4) is 0 Å². The highest BCUT2D eigenvalue weighted by molar-refractivity contribution is 5.83. The van der Waals surface area contributed by atoms with Gasteiger partial charge in [0.15, 0.2) is 0 Å². The van der Waals surface area contributed by atoms with Crippen LogP contribution in [0.5, 0.6) is 0 Å². The fourth-order valence-corrected chi connectivity index (χ4v) is 3.52. The van der Waals surface area contributed by atoms with E-state index in [0.717, 1.165) is 37.9 Å². The molecule has 1 saturated carbocycles. The molecule has 1 aliphatic carbocycles. The number of hydrogen-bond acceptors (Lipinski definition) is 3. The molecule has 1 atom stereocenters. The van der Waals surface area contributed by atoms with Crippen molar-refractivity contribution in [2.24, 2.45) is 5.92 Å². The van der Waals surface area contributed by atoms with Crippen LogP contribution in [0.25, 0.3) is 0 Å². The second kappa shape index (κ2) is 5.41. The Balaban J connectivity index is 1.63. The molecule has 1 saturated heterocycles. The Labute approximate surface area is 114 Å². The third kappa shape index (κ3) is 2.86. The van der Waals surface area contributed by atoms with E-state index in [9.17, 15) is 4.79 Å². The molecule has 102 valence electrons. The van der Waals surface area contributed by atoms with E-state index in [0.29, 0.717) is 12.2 Å². The summed E-state index contributed by atoms with van der Waals surface area (Å²) in [5, 5.41) is 0. The van der Waals surface area contributed by atoms with Gasteiger partial charge < -0.3 is 4.74 Å². The summed E-state index contributed by atoms with van der Waals surface area (Å²) in [7, 11) is 0. The van der Waals surface area contributed by atoms with Crippen molar-refractivity contribution >= 4 is 5.78 Å². The predicted molar refractivity (Wildman–Crippen MR) is 72.8 cm³/mol. The van der Waals surface area contributed by atoms with Crippen molar-refractivity contribution < 1.29 is 9.53 Å². The minimum atomic E-state index is 0.0385. The highest BCUT2D eigenvalue weighted by atomic mass is 16.5. The molecule has 0 bridgehead atoms. The molecule has 2 fully saturated rings. The normalized spacial score (nSPS) is 25.6. The molecule has 0 N–H and O–H groups in total. The molecule has 1 aromatic rings. The summed E-state index contributed by atoms with van der Waals surface area (Å²) >= 11 is 0. The molecule has 0 aromatic carbocycles. The average Bonchev–Trinajstić information content (AvgIpc) is 2.88. The third-order valence-electron chi connectivity index (χ3n) is 4.59. The van der Waals surface area contributed by atoms with Gasteiger partial charge in [-0.3, -0.25) is 9.78 Å². The summed E-state index contributed by atoms with van der Waals surface area (Å²) in [6, 6.07) is 3.87. The number of rotatable bonds is 3. The molecular weight excluding hydrogens is 238 g/mol. The first-order valence-electron chi connectivity index (χ1n) is 7.33. The zero-order valence-electron chi connectivity index (χ0n) is 11.3. The maximum Gasteiger partial charge on any atom is 0.140 e. The van der Waals surface area contributed by atoms with E-state index in [-0.39, 0.29) is 11.5 Å². The molecule has 1 unspecified atom stereocenters. The average molecular weight is 259 g/mol. The van der Waals surface area contributed by atoms with Crippen molar-refractivity contribution in [1.29, 1.82) is 0 Å². The smallest absolute Gasteiger partial charge is 0.140 e. The van der Waals surface area contributed by atoms with E-state index in [4.69, 9.17) is 4.74 Å². The summed E-state index contributed by atoms with van der Waals surface area (Å²) in [4.78, 5) is 16.4. The molecule has 3 nitrogen and oxygen atoms in total. The van der Waals surface area contributed by atoms with Crippen LogP contribution in [0.2, 0.25) is 0 Å². The quantitative estimate of drug-likeness (QED) is 0.837. The van der Waals surface area contributed by atoms with Gasteiger partial charge in [-0.1, -0.05) is 12.8 Å². The van der Waals surface area contributed by atoms with Crippen molar-refractivity contribution in [3.8, 4) is 0 Å². The highest BCUT2D eigenvalue weighted by Gasteiger charge is 2.41. The number of carbonyl (C=O) groups excluding carboxylic acids is 1. The number of hydrogen-bond donors (Lipinski definition) is 0. The van der Waals surface area contributed by atoms with Crippen LogP contribution in [0.1, 0.15) is 44.1 Å². The Bertz CT molecular complexity index is 437. The summed E-state index contributed by atoms with van der Waals surface area (Å²) in [5.74, 6) is 0.570. The van der Waals surface area contributed by atoms with E-state index < -0.39 is 0 Å². The number of nitrogens with zero attached hydrogens (tertiary/aromatic N) is 1. The van der Waals surface area contributed by atoms with Gasteiger partial charge in [0.1, 0.15) is 5.78 Å². The first-order chi connectivity index (χ1) is 9.27. The maximum absolute atomic E-state index is 12.4. The zero-order chi connectivity index (χ0) is 13.1. The number of aromatic nitrogens is 1. The van der Waals surface area contributed by atoms with E-state index in [1.54, 1.807) is 12.4 Å². The number of Topliss-reactive ketones (excluding diaryl/α,β-unsaturated/α-hetero) is 1. The lowest BCUT2D eigenvalue weighted by Crippen LogP contribution is -2.40. The Kier molecular flexibility index (Phi) is 3.65. The lowest BCUT2D eigenvalue weighted by atomic mass is 9.81. The number of ketones is 1. The standard InChI is InChI=1S/C16H21NO2/c18-15(11-13-3-8-17-9-4-13)14-5-10-19-16(12-14)6-1-2-7-16/h3-4,8-9,14H,1-2,5-7,10-12H2. The largest absolute Gasteiger partial charge is 0.375 e. The lowest BCUT2D eigenvalue weighted by molar-refractivity contribution is -0.135. The molecule has 1 aliphatic heterocycles. The molecule has 0 amide bonds. The topological polar surface area (TPSA) is 39.2 Å².